The molecule has 0 saturated heterocycles. The molecule has 0 aliphatic rings. The van der Waals surface area contributed by atoms with E-state index in [2.05, 4.69) is 0 Å². The quantitative estimate of drug-likeness (QED) is 0.351. The first-order chi connectivity index (χ1) is 2.94. The Labute approximate surface area is 55.7 Å². The zero-order valence-electron chi connectivity index (χ0n) is 3.11. The van der Waals surface area contributed by atoms with Crippen molar-refractivity contribution < 1.29 is 10.2 Å². The molecule has 0 saturated carbocycles. The molecule has 44 valence electrons. The van der Waals surface area contributed by atoms with Crippen LogP contribution in [0.1, 0.15) is 0 Å². The molecule has 2 nitrogen and oxygen atoms in total. The van der Waals surface area contributed by atoms with Gasteiger partial charge in [0.2, 0.25) is 0 Å². The van der Waals surface area contributed by atoms with E-state index in [4.69, 9.17) is 43.5 Å². The van der Waals surface area contributed by atoms with Gasteiger partial charge in [-0.25, -0.2) is 0 Å². The largest absolute Gasteiger partial charge is 0.397 e. The van der Waals surface area contributed by atoms with Crippen LogP contribution in [0.25, 0.3) is 0 Å². The van der Waals surface area contributed by atoms with E-state index in [1.165, 1.54) is 0 Å². The predicted molar refractivity (Wildman–Crippen MR) is 31.5 cm³/mol. The SMILES string of the molecule is OC(O)[Si](Cl)(Cl)Cl. The first kappa shape index (κ1) is 8.01. The van der Waals surface area contributed by atoms with Crippen molar-refractivity contribution in [3.8, 4) is 0 Å². The highest BCUT2D eigenvalue weighted by Crippen LogP contribution is 2.21. The monoisotopic (exact) mass is 180 g/mol. The zero-order valence-corrected chi connectivity index (χ0v) is 6.37. The van der Waals surface area contributed by atoms with Crippen LogP contribution in [0.3, 0.4) is 0 Å². The van der Waals surface area contributed by atoms with E-state index in [-0.39, 0.29) is 0 Å². The molecular weight excluding hydrogens is 178 g/mol. The normalized spacial score (nSPS) is 12.9. The highest BCUT2D eigenvalue weighted by molar-refractivity contribution is 7.65. The summed E-state index contributed by atoms with van der Waals surface area (Å²) >= 11 is 15.1. The molecule has 0 spiro atoms. The molecule has 0 heterocycles. The Balaban J connectivity index is 3.54. The third kappa shape index (κ3) is 3.58. The number of hydrogen-bond donors (Lipinski definition) is 2. The Morgan fingerprint density at radius 3 is 1.29 bits per heavy atom. The van der Waals surface area contributed by atoms with Gasteiger partial charge in [-0.3, -0.25) is 0 Å². The van der Waals surface area contributed by atoms with E-state index in [1.807, 2.05) is 0 Å². The summed E-state index contributed by atoms with van der Waals surface area (Å²) in [5.74, 6) is -1.77. The van der Waals surface area contributed by atoms with Crippen molar-refractivity contribution >= 4 is 39.2 Å². The van der Waals surface area contributed by atoms with Gasteiger partial charge in [0.05, 0.1) is 0 Å². The van der Waals surface area contributed by atoms with E-state index in [0.717, 1.165) is 0 Å². The van der Waals surface area contributed by atoms with Crippen LogP contribution < -0.4 is 0 Å². The lowest BCUT2D eigenvalue weighted by atomic mass is 11.5. The fourth-order valence-electron chi connectivity index (χ4n) is 0. The molecule has 2 N–H and O–H groups in total. The molecule has 0 amide bonds. The summed E-state index contributed by atoms with van der Waals surface area (Å²) in [6, 6.07) is -3.21. The molecule has 0 radical (unpaired) electrons. The van der Waals surface area contributed by atoms with Gasteiger partial charge in [-0.15, -0.1) is 33.2 Å². The highest BCUT2D eigenvalue weighted by atomic mass is 35.8. The minimum Gasteiger partial charge on any atom is -0.368 e. The lowest BCUT2D eigenvalue weighted by Crippen LogP contribution is -2.30. The van der Waals surface area contributed by atoms with E-state index in [9.17, 15) is 0 Å². The summed E-state index contributed by atoms with van der Waals surface area (Å²) in [5, 5.41) is 16.2. The summed E-state index contributed by atoms with van der Waals surface area (Å²) in [6.45, 7) is 0. The van der Waals surface area contributed by atoms with Crippen LogP contribution in [0.2, 0.25) is 0 Å². The molecule has 0 aromatic carbocycles. The Hall–Kier alpha value is 1.01. The molecule has 0 aromatic heterocycles. The number of hydrogen-bond acceptors (Lipinski definition) is 2. The van der Waals surface area contributed by atoms with Gasteiger partial charge >= 0.3 is 6.00 Å². The second-order valence-electron chi connectivity index (χ2n) is 0.915. The topological polar surface area (TPSA) is 40.5 Å². The molecule has 0 aliphatic heterocycles. The fraction of sp³-hybridized carbons (Fsp3) is 1.00. The van der Waals surface area contributed by atoms with Crippen molar-refractivity contribution in [3.63, 3.8) is 0 Å². The van der Waals surface area contributed by atoms with Crippen LogP contribution in [0.4, 0.5) is 0 Å². The number of aliphatic hydroxyl groups is 2. The summed E-state index contributed by atoms with van der Waals surface area (Å²) in [7, 11) is 0. The minimum absolute atomic E-state index is 1.77. The van der Waals surface area contributed by atoms with E-state index in [1.54, 1.807) is 0 Å². The molecule has 0 rings (SSSR count). The van der Waals surface area contributed by atoms with Gasteiger partial charge < -0.3 is 10.2 Å². The fourth-order valence-corrected chi connectivity index (χ4v) is 0. The first-order valence-electron chi connectivity index (χ1n) is 1.37. The highest BCUT2D eigenvalue weighted by Gasteiger charge is 2.33. The van der Waals surface area contributed by atoms with Gasteiger partial charge in [-0.1, -0.05) is 0 Å². The molecule has 0 atom stereocenters. The average Bonchev–Trinajstić information content (AvgIpc) is 1.31. The molecule has 0 bridgehead atoms. The van der Waals surface area contributed by atoms with Crippen LogP contribution in [0.15, 0.2) is 0 Å². The second kappa shape index (κ2) is 2.52. The van der Waals surface area contributed by atoms with Crippen LogP contribution in [-0.4, -0.2) is 22.1 Å². The first-order valence-corrected chi connectivity index (χ1v) is 6.48. The zero-order chi connectivity index (χ0) is 6.08. The van der Waals surface area contributed by atoms with Crippen molar-refractivity contribution in [1.29, 1.82) is 0 Å². The maximum absolute atomic E-state index is 8.11. The van der Waals surface area contributed by atoms with Crippen molar-refractivity contribution in [2.75, 3.05) is 0 Å². The maximum atomic E-state index is 8.11. The standard InChI is InChI=1S/CH3Cl3O2Si/c2-7(3,4)1(5)6/h1,5-6H. The number of rotatable bonds is 1. The molecule has 0 aliphatic carbocycles. The average molecular weight is 181 g/mol. The maximum Gasteiger partial charge on any atom is 0.397 e. The Bertz CT molecular complexity index is 58.4. The summed E-state index contributed by atoms with van der Waals surface area (Å²) in [6.07, 6.45) is 0. The van der Waals surface area contributed by atoms with Gasteiger partial charge in [0.1, 0.15) is 0 Å². The van der Waals surface area contributed by atoms with Crippen LogP contribution in [0, 0.1) is 0 Å². The van der Waals surface area contributed by atoms with E-state index >= 15 is 0 Å². The van der Waals surface area contributed by atoms with Gasteiger partial charge in [0, 0.05) is 0 Å². The van der Waals surface area contributed by atoms with Gasteiger partial charge in [0.15, 0.2) is 5.91 Å². The van der Waals surface area contributed by atoms with Crippen LogP contribution in [0.5, 0.6) is 0 Å². The van der Waals surface area contributed by atoms with Crippen molar-refractivity contribution in [3.05, 3.63) is 0 Å². The van der Waals surface area contributed by atoms with Crippen LogP contribution in [-0.2, 0) is 0 Å². The van der Waals surface area contributed by atoms with Crippen molar-refractivity contribution in [2.24, 2.45) is 0 Å². The van der Waals surface area contributed by atoms with Crippen molar-refractivity contribution in [1.82, 2.24) is 0 Å². The predicted octanol–water partition coefficient (Wildman–Crippen LogP) is 0.492. The molecule has 0 aromatic rings. The Kier molecular flexibility index (Phi) is 2.89. The molecule has 6 heteroatoms. The van der Waals surface area contributed by atoms with Gasteiger partial charge in [0.25, 0.3) is 0 Å². The van der Waals surface area contributed by atoms with E-state index < -0.39 is 11.9 Å². The van der Waals surface area contributed by atoms with Gasteiger partial charge in [-0.05, 0) is 0 Å². The Morgan fingerprint density at radius 2 is 1.29 bits per heavy atom. The van der Waals surface area contributed by atoms with Crippen molar-refractivity contribution in [2.45, 2.75) is 5.91 Å². The number of halogens is 3. The summed E-state index contributed by atoms with van der Waals surface area (Å²) in [4.78, 5) is 0. The lowest BCUT2D eigenvalue weighted by Gasteiger charge is -2.07. The number of aliphatic hydroxyl groups excluding tert-OH is 1. The smallest absolute Gasteiger partial charge is 0.368 e. The lowest BCUT2D eigenvalue weighted by molar-refractivity contribution is 0.0284. The molecular formula is CH3Cl3O2Si. The molecule has 0 fully saturated rings. The summed E-state index contributed by atoms with van der Waals surface area (Å²) in [5.41, 5.74) is 0. The van der Waals surface area contributed by atoms with Gasteiger partial charge in [-0.2, -0.15) is 0 Å². The minimum atomic E-state index is -3.21. The molecule has 7 heavy (non-hydrogen) atoms. The second-order valence-corrected chi connectivity index (χ2v) is 9.62. The van der Waals surface area contributed by atoms with E-state index in [0.29, 0.717) is 0 Å². The third-order valence-electron chi connectivity index (χ3n) is 0.293. The summed E-state index contributed by atoms with van der Waals surface area (Å²) < 4.78 is 0. The Morgan fingerprint density at radius 1 is 1.14 bits per heavy atom. The molecule has 0 unspecified atom stereocenters. The third-order valence-corrected chi connectivity index (χ3v) is 2.63. The van der Waals surface area contributed by atoms with Crippen LogP contribution >= 0.6 is 33.2 Å².